The number of rotatable bonds is 6. The third-order valence-corrected chi connectivity index (χ3v) is 4.75. The molecule has 0 aliphatic rings. The molecule has 0 saturated carbocycles. The lowest BCUT2D eigenvalue weighted by Crippen LogP contribution is -2.02. The molecular weight excluding hydrogens is 360 g/mol. The van der Waals surface area contributed by atoms with E-state index in [0.29, 0.717) is 6.42 Å². The summed E-state index contributed by atoms with van der Waals surface area (Å²) in [5.41, 5.74) is 4.58. The molecule has 0 bridgehead atoms. The average Bonchev–Trinajstić information content (AvgIpc) is 2.65. The average molecular weight is 380 g/mol. The van der Waals surface area contributed by atoms with Crippen molar-refractivity contribution in [3.63, 3.8) is 0 Å². The van der Waals surface area contributed by atoms with Crippen molar-refractivity contribution >= 4 is 21.0 Å². The summed E-state index contributed by atoms with van der Waals surface area (Å²) < 4.78 is 27.4. The summed E-state index contributed by atoms with van der Waals surface area (Å²) in [6, 6.07) is 17.9. The third kappa shape index (κ3) is 4.91. The molecule has 2 aromatic carbocycles. The molecule has 0 amide bonds. The van der Waals surface area contributed by atoms with Gasteiger partial charge in [0.1, 0.15) is 0 Å². The standard InChI is InChI=1S/C21H20N2O3S/c1-15(13-22)9-17-11-19-7-4-8-23-21(19)20(12-17)18-6-3-5-16(10-18)14-26-27(2,24)25/h3-8,10-12,15H,9,14H2,1-2H3. The second-order valence-electron chi connectivity index (χ2n) is 6.62. The molecule has 0 fully saturated rings. The van der Waals surface area contributed by atoms with Gasteiger partial charge in [0.25, 0.3) is 10.1 Å². The van der Waals surface area contributed by atoms with E-state index in [1.165, 1.54) is 0 Å². The molecule has 1 heterocycles. The fourth-order valence-corrected chi connectivity index (χ4v) is 3.35. The van der Waals surface area contributed by atoms with Crippen molar-refractivity contribution < 1.29 is 12.6 Å². The predicted molar refractivity (Wildman–Crippen MR) is 105 cm³/mol. The van der Waals surface area contributed by atoms with E-state index < -0.39 is 10.1 Å². The van der Waals surface area contributed by atoms with Crippen LogP contribution in [0.2, 0.25) is 0 Å². The normalized spacial score (nSPS) is 12.6. The maximum Gasteiger partial charge on any atom is 0.264 e. The quantitative estimate of drug-likeness (QED) is 0.602. The maximum atomic E-state index is 11.3. The Morgan fingerprint density at radius 3 is 2.70 bits per heavy atom. The molecule has 5 nitrogen and oxygen atoms in total. The fourth-order valence-electron chi connectivity index (χ4n) is 3.00. The number of nitrogens with zero attached hydrogens (tertiary/aromatic N) is 2. The van der Waals surface area contributed by atoms with Gasteiger partial charge >= 0.3 is 0 Å². The first-order valence-electron chi connectivity index (χ1n) is 8.57. The van der Waals surface area contributed by atoms with Gasteiger partial charge in [0.15, 0.2) is 0 Å². The number of hydrogen-bond donors (Lipinski definition) is 0. The van der Waals surface area contributed by atoms with Gasteiger partial charge in [-0.15, -0.1) is 0 Å². The van der Waals surface area contributed by atoms with Gasteiger partial charge in [-0.2, -0.15) is 13.7 Å². The molecule has 0 radical (unpaired) electrons. The fraction of sp³-hybridized carbons (Fsp3) is 0.238. The Morgan fingerprint density at radius 2 is 1.96 bits per heavy atom. The first-order chi connectivity index (χ1) is 12.9. The zero-order valence-corrected chi connectivity index (χ0v) is 16.0. The molecule has 6 heteroatoms. The minimum atomic E-state index is -3.50. The van der Waals surface area contributed by atoms with Crippen LogP contribution in [0.3, 0.4) is 0 Å². The second kappa shape index (κ2) is 7.87. The largest absolute Gasteiger partial charge is 0.265 e. The Bertz CT molecular complexity index is 1120. The lowest BCUT2D eigenvalue weighted by atomic mass is 9.94. The Hall–Kier alpha value is -2.75. The Balaban J connectivity index is 2.06. The Labute approximate surface area is 159 Å². The van der Waals surface area contributed by atoms with Crippen LogP contribution in [0.25, 0.3) is 22.0 Å². The Morgan fingerprint density at radius 1 is 1.15 bits per heavy atom. The minimum absolute atomic E-state index is 0.0107. The van der Waals surface area contributed by atoms with Crippen molar-refractivity contribution in [1.82, 2.24) is 4.98 Å². The smallest absolute Gasteiger partial charge is 0.264 e. The van der Waals surface area contributed by atoms with Gasteiger partial charge < -0.3 is 0 Å². The molecule has 0 aliphatic carbocycles. The van der Waals surface area contributed by atoms with Crippen LogP contribution >= 0.6 is 0 Å². The van der Waals surface area contributed by atoms with E-state index in [2.05, 4.69) is 23.2 Å². The van der Waals surface area contributed by atoms with Crippen molar-refractivity contribution in [2.75, 3.05) is 6.26 Å². The molecular formula is C21H20N2O3S. The number of nitriles is 1. The van der Waals surface area contributed by atoms with Gasteiger partial charge in [-0.05, 0) is 54.3 Å². The lowest BCUT2D eigenvalue weighted by Gasteiger charge is -2.12. The van der Waals surface area contributed by atoms with Crippen LogP contribution < -0.4 is 0 Å². The SMILES string of the molecule is CC(C#N)Cc1cc(-c2cccc(COS(C)(=O)=O)c2)c2ncccc2c1. The van der Waals surface area contributed by atoms with Gasteiger partial charge in [-0.25, -0.2) is 0 Å². The minimum Gasteiger partial charge on any atom is -0.265 e. The summed E-state index contributed by atoms with van der Waals surface area (Å²) in [6.45, 7) is 1.89. The van der Waals surface area contributed by atoms with Crippen LogP contribution in [-0.2, 0) is 27.3 Å². The summed E-state index contributed by atoms with van der Waals surface area (Å²) in [5.74, 6) is -0.0820. The van der Waals surface area contributed by atoms with Crippen molar-refractivity contribution in [2.45, 2.75) is 20.0 Å². The van der Waals surface area contributed by atoms with E-state index in [1.807, 2.05) is 43.3 Å². The van der Waals surface area contributed by atoms with Crippen LogP contribution in [0.1, 0.15) is 18.1 Å². The molecule has 0 N–H and O–H groups in total. The van der Waals surface area contributed by atoms with Crippen molar-refractivity contribution in [3.8, 4) is 17.2 Å². The third-order valence-electron chi connectivity index (χ3n) is 4.20. The number of hydrogen-bond acceptors (Lipinski definition) is 5. The molecule has 1 atom stereocenters. The maximum absolute atomic E-state index is 11.3. The van der Waals surface area contributed by atoms with Gasteiger partial charge in [-0.3, -0.25) is 9.17 Å². The van der Waals surface area contributed by atoms with Crippen LogP contribution in [0.5, 0.6) is 0 Å². The van der Waals surface area contributed by atoms with Crippen molar-refractivity contribution in [2.24, 2.45) is 5.92 Å². The number of fused-ring (bicyclic) bond motifs is 1. The monoisotopic (exact) mass is 380 g/mol. The molecule has 1 aromatic heterocycles. The lowest BCUT2D eigenvalue weighted by molar-refractivity contribution is 0.312. The number of pyridine rings is 1. The zero-order valence-electron chi connectivity index (χ0n) is 15.2. The first-order valence-corrected chi connectivity index (χ1v) is 10.4. The van der Waals surface area contributed by atoms with E-state index >= 15 is 0 Å². The van der Waals surface area contributed by atoms with Gasteiger partial charge in [0.05, 0.1) is 24.4 Å². The highest BCUT2D eigenvalue weighted by Gasteiger charge is 2.11. The van der Waals surface area contributed by atoms with E-state index in [9.17, 15) is 8.42 Å². The molecule has 1 unspecified atom stereocenters. The Kier molecular flexibility index (Phi) is 5.54. The summed E-state index contributed by atoms with van der Waals surface area (Å²) in [4.78, 5) is 4.52. The van der Waals surface area contributed by atoms with Gasteiger partial charge in [0.2, 0.25) is 0 Å². The summed E-state index contributed by atoms with van der Waals surface area (Å²) >= 11 is 0. The number of aromatic nitrogens is 1. The number of benzene rings is 2. The van der Waals surface area contributed by atoms with Crippen molar-refractivity contribution in [1.29, 1.82) is 5.26 Å². The molecule has 27 heavy (non-hydrogen) atoms. The topological polar surface area (TPSA) is 80.0 Å². The molecule has 138 valence electrons. The van der Waals surface area contributed by atoms with Crippen LogP contribution in [0.4, 0.5) is 0 Å². The van der Waals surface area contributed by atoms with Crippen molar-refractivity contribution in [3.05, 3.63) is 65.9 Å². The highest BCUT2D eigenvalue weighted by atomic mass is 32.2. The summed E-state index contributed by atoms with van der Waals surface area (Å²) in [7, 11) is -3.50. The molecule has 0 saturated heterocycles. The molecule has 0 aliphatic heterocycles. The van der Waals surface area contributed by atoms with E-state index in [-0.39, 0.29) is 12.5 Å². The molecule has 3 rings (SSSR count). The highest BCUT2D eigenvalue weighted by Crippen LogP contribution is 2.30. The zero-order chi connectivity index (χ0) is 19.4. The second-order valence-corrected chi connectivity index (χ2v) is 8.26. The predicted octanol–water partition coefficient (Wildman–Crippen LogP) is 4.08. The van der Waals surface area contributed by atoms with E-state index in [1.54, 1.807) is 6.20 Å². The van der Waals surface area contributed by atoms with Gasteiger partial charge in [-0.1, -0.05) is 24.3 Å². The summed E-state index contributed by atoms with van der Waals surface area (Å²) in [5, 5.41) is 10.1. The first kappa shape index (κ1) is 19.0. The highest BCUT2D eigenvalue weighted by molar-refractivity contribution is 7.85. The molecule has 3 aromatic rings. The molecule has 0 spiro atoms. The summed E-state index contributed by atoms with van der Waals surface area (Å²) in [6.07, 6.45) is 3.44. The van der Waals surface area contributed by atoms with Crippen LogP contribution in [-0.4, -0.2) is 19.7 Å². The van der Waals surface area contributed by atoms with Crippen LogP contribution in [0.15, 0.2) is 54.7 Å². The van der Waals surface area contributed by atoms with E-state index in [4.69, 9.17) is 9.44 Å². The van der Waals surface area contributed by atoms with E-state index in [0.717, 1.165) is 39.4 Å². The van der Waals surface area contributed by atoms with Gasteiger partial charge in [0, 0.05) is 23.1 Å². The van der Waals surface area contributed by atoms with Crippen LogP contribution in [0, 0.1) is 17.2 Å².